The zero-order chi connectivity index (χ0) is 10.8. The number of benzene rings is 1. The van der Waals surface area contributed by atoms with Gasteiger partial charge in [-0.15, -0.1) is 0 Å². The molecule has 76 valence electrons. The van der Waals surface area contributed by atoms with E-state index >= 15 is 0 Å². The van der Waals surface area contributed by atoms with E-state index in [-0.39, 0.29) is 11.6 Å². The summed E-state index contributed by atoms with van der Waals surface area (Å²) in [7, 11) is 0. The highest BCUT2D eigenvalue weighted by Crippen LogP contribution is 2.12. The van der Waals surface area contributed by atoms with Crippen molar-refractivity contribution in [1.29, 1.82) is 0 Å². The van der Waals surface area contributed by atoms with Crippen LogP contribution >= 0.6 is 0 Å². The molecule has 1 aliphatic rings. The maximum absolute atomic E-state index is 11.2. The highest BCUT2D eigenvalue weighted by Gasteiger charge is 2.22. The maximum Gasteiger partial charge on any atom is 0.326 e. The second-order valence-corrected chi connectivity index (χ2v) is 3.32. The van der Waals surface area contributed by atoms with Crippen LogP contribution in [0.4, 0.5) is 4.79 Å². The number of aryl methyl sites for hydroxylation is 1. The zero-order valence-electron chi connectivity index (χ0n) is 8.20. The number of hydrogen-bond donors (Lipinski definition) is 2. The first-order chi connectivity index (χ1) is 7.16. The molecule has 1 saturated heterocycles. The Hall–Kier alpha value is -2.10. The first kappa shape index (κ1) is 9.45. The van der Waals surface area contributed by atoms with Crippen LogP contribution < -0.4 is 10.6 Å². The minimum Gasteiger partial charge on any atom is -0.303 e. The molecule has 1 fully saturated rings. The second kappa shape index (κ2) is 3.57. The number of imide groups is 1. The van der Waals surface area contributed by atoms with Crippen molar-refractivity contribution in [2.24, 2.45) is 0 Å². The van der Waals surface area contributed by atoms with Crippen LogP contribution in [0.1, 0.15) is 11.1 Å². The van der Waals surface area contributed by atoms with Gasteiger partial charge in [0, 0.05) is 0 Å². The number of hydrogen-bond acceptors (Lipinski definition) is 2. The number of amides is 3. The molecule has 0 atom stereocenters. The molecule has 0 bridgehead atoms. The van der Waals surface area contributed by atoms with Crippen LogP contribution in [-0.2, 0) is 4.79 Å². The van der Waals surface area contributed by atoms with Crippen molar-refractivity contribution in [3.05, 3.63) is 41.1 Å². The van der Waals surface area contributed by atoms with Gasteiger partial charge in [-0.3, -0.25) is 10.1 Å². The van der Waals surface area contributed by atoms with E-state index in [1.165, 1.54) is 0 Å². The molecule has 1 heterocycles. The molecule has 2 rings (SSSR count). The van der Waals surface area contributed by atoms with Crippen LogP contribution in [0, 0.1) is 6.92 Å². The van der Waals surface area contributed by atoms with Gasteiger partial charge in [0.05, 0.1) is 0 Å². The standard InChI is InChI=1S/C11H10N2O2/c1-7-4-2-3-5-8(7)6-9-10(14)13-11(15)12-9/h2-6H,1H3,(H2,12,13,14,15). The van der Waals surface area contributed by atoms with E-state index < -0.39 is 6.03 Å². The number of carbonyl (C=O) groups excluding carboxylic acids is 2. The normalized spacial score (nSPS) is 17.8. The monoisotopic (exact) mass is 202 g/mol. The van der Waals surface area contributed by atoms with E-state index in [0.717, 1.165) is 11.1 Å². The Labute approximate surface area is 87.0 Å². The van der Waals surface area contributed by atoms with Crippen molar-refractivity contribution >= 4 is 18.0 Å². The molecule has 4 nitrogen and oxygen atoms in total. The Morgan fingerprint density at radius 1 is 1.13 bits per heavy atom. The van der Waals surface area contributed by atoms with Gasteiger partial charge in [0.1, 0.15) is 5.70 Å². The van der Waals surface area contributed by atoms with Gasteiger partial charge in [-0.1, -0.05) is 24.3 Å². The molecule has 1 aromatic carbocycles. The summed E-state index contributed by atoms with van der Waals surface area (Å²) in [5.41, 5.74) is 2.26. The molecular formula is C11H10N2O2. The average molecular weight is 202 g/mol. The van der Waals surface area contributed by atoms with Gasteiger partial charge in [0.2, 0.25) is 0 Å². The van der Waals surface area contributed by atoms with Gasteiger partial charge in [-0.2, -0.15) is 0 Å². The average Bonchev–Trinajstić information content (AvgIpc) is 2.49. The van der Waals surface area contributed by atoms with Gasteiger partial charge in [0.25, 0.3) is 5.91 Å². The molecule has 0 saturated carbocycles. The molecule has 0 aromatic heterocycles. The zero-order valence-corrected chi connectivity index (χ0v) is 8.20. The summed E-state index contributed by atoms with van der Waals surface area (Å²) >= 11 is 0. The molecule has 0 unspecified atom stereocenters. The van der Waals surface area contributed by atoms with Crippen molar-refractivity contribution in [3.8, 4) is 0 Å². The third kappa shape index (κ3) is 1.88. The van der Waals surface area contributed by atoms with Crippen LogP contribution in [0.25, 0.3) is 6.08 Å². The van der Waals surface area contributed by atoms with E-state index in [4.69, 9.17) is 0 Å². The van der Waals surface area contributed by atoms with Crippen LogP contribution in [0.5, 0.6) is 0 Å². The number of carbonyl (C=O) groups is 2. The van der Waals surface area contributed by atoms with Crippen molar-refractivity contribution < 1.29 is 9.59 Å². The Kier molecular flexibility index (Phi) is 2.25. The van der Waals surface area contributed by atoms with E-state index in [2.05, 4.69) is 10.6 Å². The minimum atomic E-state index is -0.472. The molecule has 15 heavy (non-hydrogen) atoms. The SMILES string of the molecule is Cc1ccccc1C=C1NC(=O)NC1=O. The van der Waals surface area contributed by atoms with Crippen molar-refractivity contribution in [1.82, 2.24) is 10.6 Å². The third-order valence-corrected chi connectivity index (χ3v) is 2.21. The number of urea groups is 1. The van der Waals surface area contributed by atoms with E-state index in [9.17, 15) is 9.59 Å². The van der Waals surface area contributed by atoms with Crippen molar-refractivity contribution in [2.75, 3.05) is 0 Å². The fraction of sp³-hybridized carbons (Fsp3) is 0.0909. The second-order valence-electron chi connectivity index (χ2n) is 3.32. The maximum atomic E-state index is 11.2. The quantitative estimate of drug-likeness (QED) is 0.530. The van der Waals surface area contributed by atoms with Gasteiger partial charge >= 0.3 is 6.03 Å². The summed E-state index contributed by atoms with van der Waals surface area (Å²) in [6.45, 7) is 1.95. The summed E-state index contributed by atoms with van der Waals surface area (Å²) in [4.78, 5) is 22.1. The lowest BCUT2D eigenvalue weighted by atomic mass is 10.1. The predicted octanol–water partition coefficient (Wildman–Crippen LogP) is 1.18. The Balaban J connectivity index is 2.35. The lowest BCUT2D eigenvalue weighted by Gasteiger charge is -1.99. The molecule has 1 aromatic rings. The highest BCUT2D eigenvalue weighted by molar-refractivity contribution is 6.14. The van der Waals surface area contributed by atoms with E-state index in [1.807, 2.05) is 31.2 Å². The minimum absolute atomic E-state index is 0.286. The fourth-order valence-corrected chi connectivity index (χ4v) is 1.39. The van der Waals surface area contributed by atoms with Crippen LogP contribution in [0.3, 0.4) is 0 Å². The Morgan fingerprint density at radius 3 is 2.47 bits per heavy atom. The summed E-state index contributed by atoms with van der Waals surface area (Å²) in [5.74, 6) is -0.386. The highest BCUT2D eigenvalue weighted by atomic mass is 16.2. The molecule has 3 amide bonds. The summed E-state index contributed by atoms with van der Waals surface area (Å²) in [6, 6.07) is 7.17. The topological polar surface area (TPSA) is 58.2 Å². The summed E-state index contributed by atoms with van der Waals surface area (Å²) in [6.07, 6.45) is 1.66. The van der Waals surface area contributed by atoms with Gasteiger partial charge in [-0.25, -0.2) is 4.79 Å². The van der Waals surface area contributed by atoms with E-state index in [1.54, 1.807) is 6.08 Å². The van der Waals surface area contributed by atoms with Gasteiger partial charge in [-0.05, 0) is 24.1 Å². The Bertz CT molecular complexity index is 463. The summed E-state index contributed by atoms with van der Waals surface area (Å²) in [5, 5.41) is 4.59. The third-order valence-electron chi connectivity index (χ3n) is 2.21. The van der Waals surface area contributed by atoms with Crippen molar-refractivity contribution in [2.45, 2.75) is 6.92 Å². The molecule has 4 heteroatoms. The molecule has 2 N–H and O–H groups in total. The molecule has 0 spiro atoms. The lowest BCUT2D eigenvalue weighted by Crippen LogP contribution is -2.22. The van der Waals surface area contributed by atoms with E-state index in [0.29, 0.717) is 0 Å². The lowest BCUT2D eigenvalue weighted by molar-refractivity contribution is -0.115. The molecule has 1 aliphatic heterocycles. The van der Waals surface area contributed by atoms with Crippen LogP contribution in [0.2, 0.25) is 0 Å². The largest absolute Gasteiger partial charge is 0.326 e. The van der Waals surface area contributed by atoms with Crippen LogP contribution in [-0.4, -0.2) is 11.9 Å². The summed E-state index contributed by atoms with van der Waals surface area (Å²) < 4.78 is 0. The predicted molar refractivity (Wildman–Crippen MR) is 55.8 cm³/mol. The molecule has 0 radical (unpaired) electrons. The number of rotatable bonds is 1. The first-order valence-corrected chi connectivity index (χ1v) is 4.56. The molecular weight excluding hydrogens is 192 g/mol. The van der Waals surface area contributed by atoms with Crippen molar-refractivity contribution in [3.63, 3.8) is 0 Å². The van der Waals surface area contributed by atoms with Crippen LogP contribution in [0.15, 0.2) is 30.0 Å². The van der Waals surface area contributed by atoms with Gasteiger partial charge in [0.15, 0.2) is 0 Å². The number of nitrogens with one attached hydrogen (secondary N) is 2. The smallest absolute Gasteiger partial charge is 0.303 e. The molecule has 0 aliphatic carbocycles. The Morgan fingerprint density at radius 2 is 1.87 bits per heavy atom. The van der Waals surface area contributed by atoms with Gasteiger partial charge < -0.3 is 5.32 Å². The fourth-order valence-electron chi connectivity index (χ4n) is 1.39. The first-order valence-electron chi connectivity index (χ1n) is 4.56.